The van der Waals surface area contributed by atoms with Crippen LogP contribution in [0.5, 0.6) is 0 Å². The first-order valence-corrected chi connectivity index (χ1v) is 8.19. The first-order chi connectivity index (χ1) is 11.0. The first-order valence-electron chi connectivity index (χ1n) is 7.31. The molecule has 1 amide bonds. The summed E-state index contributed by atoms with van der Waals surface area (Å²) in [5, 5.41) is 15.6. The number of likely N-dealkylation sites (N-methyl/N-ethyl adjacent to an activating group) is 1. The van der Waals surface area contributed by atoms with Crippen molar-refractivity contribution in [2.75, 3.05) is 20.6 Å². The van der Waals surface area contributed by atoms with Gasteiger partial charge in [0.15, 0.2) is 0 Å². The second-order valence-corrected chi connectivity index (χ2v) is 6.53. The van der Waals surface area contributed by atoms with Gasteiger partial charge in [-0.2, -0.15) is 0 Å². The Balaban J connectivity index is 1.90. The van der Waals surface area contributed by atoms with E-state index in [1.807, 2.05) is 11.4 Å². The summed E-state index contributed by atoms with van der Waals surface area (Å²) in [6.45, 7) is 0.564. The fraction of sp³-hybridized carbons (Fsp3) is 0.312. The molecular formula is C16H20N3O3S+. The lowest BCUT2D eigenvalue weighted by atomic mass is 10.1. The summed E-state index contributed by atoms with van der Waals surface area (Å²) in [6, 6.07) is 10.4. The topological polar surface area (TPSA) is 76.7 Å². The van der Waals surface area contributed by atoms with Gasteiger partial charge in [0, 0.05) is 12.1 Å². The zero-order valence-corrected chi connectivity index (χ0v) is 13.9. The lowest BCUT2D eigenvalue weighted by molar-refractivity contribution is -0.890. The van der Waals surface area contributed by atoms with Crippen molar-refractivity contribution in [3.63, 3.8) is 0 Å². The van der Waals surface area contributed by atoms with Crippen LogP contribution < -0.4 is 10.2 Å². The maximum atomic E-state index is 12.1. The van der Waals surface area contributed by atoms with Gasteiger partial charge in [-0.05, 0) is 17.0 Å². The van der Waals surface area contributed by atoms with E-state index in [0.717, 1.165) is 5.56 Å². The molecule has 23 heavy (non-hydrogen) atoms. The van der Waals surface area contributed by atoms with E-state index in [0.29, 0.717) is 6.54 Å². The van der Waals surface area contributed by atoms with Gasteiger partial charge < -0.3 is 10.2 Å². The number of hydrogen-bond donors (Lipinski definition) is 2. The second kappa shape index (κ2) is 7.85. The van der Waals surface area contributed by atoms with Crippen LogP contribution in [0.15, 0.2) is 41.8 Å². The Hall–Kier alpha value is -2.25. The highest BCUT2D eigenvalue weighted by Gasteiger charge is 2.19. The Labute approximate surface area is 138 Å². The number of benzene rings is 1. The number of rotatable bonds is 7. The number of quaternary nitrogens is 1. The smallest absolute Gasteiger partial charge is 0.269 e. The van der Waals surface area contributed by atoms with Crippen molar-refractivity contribution in [2.45, 2.75) is 12.5 Å². The number of carbonyl (C=O) groups excluding carboxylic acids is 1. The van der Waals surface area contributed by atoms with Crippen molar-refractivity contribution >= 4 is 22.9 Å². The zero-order chi connectivity index (χ0) is 16.8. The van der Waals surface area contributed by atoms with E-state index < -0.39 is 4.92 Å². The van der Waals surface area contributed by atoms with Crippen LogP contribution in [0.1, 0.15) is 16.5 Å². The van der Waals surface area contributed by atoms with E-state index in [4.69, 9.17) is 0 Å². The largest absolute Gasteiger partial charge is 0.349 e. The van der Waals surface area contributed by atoms with Crippen LogP contribution >= 0.6 is 11.3 Å². The minimum atomic E-state index is -0.449. The van der Waals surface area contributed by atoms with Crippen LogP contribution in [0.2, 0.25) is 0 Å². The van der Waals surface area contributed by atoms with E-state index in [1.54, 1.807) is 23.5 Å². The standard InChI is InChI=1S/C16H19N3O3S/c1-18(2)14(15-4-3-9-23-15)11-17-16(20)10-12-5-7-13(8-6-12)19(21)22/h3-9,14H,10-11H2,1-2H3,(H,17,20)/p+1/t14-/m1/s1. The molecule has 0 saturated heterocycles. The third-order valence-corrected chi connectivity index (χ3v) is 4.58. The number of nitrogens with zero attached hydrogens (tertiary/aromatic N) is 1. The van der Waals surface area contributed by atoms with E-state index in [2.05, 4.69) is 25.5 Å². The van der Waals surface area contributed by atoms with Crippen LogP contribution in [-0.4, -0.2) is 31.5 Å². The third-order valence-electron chi connectivity index (χ3n) is 3.60. The molecule has 2 aromatic rings. The van der Waals surface area contributed by atoms with E-state index in [1.165, 1.54) is 21.9 Å². The minimum Gasteiger partial charge on any atom is -0.349 e. The number of nitro benzene ring substituents is 1. The van der Waals surface area contributed by atoms with Crippen LogP contribution in [0, 0.1) is 10.1 Å². The van der Waals surface area contributed by atoms with Gasteiger partial charge in [-0.15, -0.1) is 11.3 Å². The molecule has 1 aromatic carbocycles. The van der Waals surface area contributed by atoms with Crippen molar-refractivity contribution in [3.8, 4) is 0 Å². The maximum Gasteiger partial charge on any atom is 0.269 e. The quantitative estimate of drug-likeness (QED) is 0.590. The van der Waals surface area contributed by atoms with E-state index >= 15 is 0 Å². The van der Waals surface area contributed by atoms with Gasteiger partial charge in [0.05, 0.1) is 36.9 Å². The molecule has 6 nitrogen and oxygen atoms in total. The average Bonchev–Trinajstić information content (AvgIpc) is 3.01. The van der Waals surface area contributed by atoms with Gasteiger partial charge in [-0.25, -0.2) is 0 Å². The number of nitro groups is 1. The summed E-state index contributed by atoms with van der Waals surface area (Å²) in [7, 11) is 4.12. The van der Waals surface area contributed by atoms with Crippen molar-refractivity contribution in [1.29, 1.82) is 0 Å². The number of non-ortho nitro benzene ring substituents is 1. The summed E-state index contributed by atoms with van der Waals surface area (Å²) in [5.74, 6) is -0.0818. The highest BCUT2D eigenvalue weighted by atomic mass is 32.1. The Bertz CT molecular complexity index is 654. The molecule has 0 unspecified atom stereocenters. The molecule has 0 aliphatic carbocycles. The first kappa shape index (κ1) is 17.1. The zero-order valence-electron chi connectivity index (χ0n) is 13.1. The highest BCUT2D eigenvalue weighted by molar-refractivity contribution is 7.10. The molecule has 1 atom stereocenters. The number of amides is 1. The molecule has 2 rings (SSSR count). The monoisotopic (exact) mass is 334 g/mol. The highest BCUT2D eigenvalue weighted by Crippen LogP contribution is 2.16. The Kier molecular flexibility index (Phi) is 5.84. The van der Waals surface area contributed by atoms with Gasteiger partial charge in [0.1, 0.15) is 6.04 Å². The summed E-state index contributed by atoms with van der Waals surface area (Å²) < 4.78 is 0. The third kappa shape index (κ3) is 4.87. The van der Waals surface area contributed by atoms with Crippen LogP contribution in [0.3, 0.4) is 0 Å². The van der Waals surface area contributed by atoms with Gasteiger partial charge in [-0.3, -0.25) is 14.9 Å². The molecule has 0 spiro atoms. The maximum absolute atomic E-state index is 12.1. The van der Waals surface area contributed by atoms with Crippen LogP contribution in [-0.2, 0) is 11.2 Å². The Morgan fingerprint density at radius 2 is 2.00 bits per heavy atom. The van der Waals surface area contributed by atoms with Gasteiger partial charge >= 0.3 is 0 Å². The minimum absolute atomic E-state index is 0.0307. The Morgan fingerprint density at radius 3 is 2.52 bits per heavy atom. The molecule has 122 valence electrons. The summed E-state index contributed by atoms with van der Waals surface area (Å²) in [5.41, 5.74) is 0.793. The van der Waals surface area contributed by atoms with Crippen molar-refractivity contribution in [2.24, 2.45) is 0 Å². The molecule has 0 radical (unpaired) electrons. The second-order valence-electron chi connectivity index (χ2n) is 5.55. The predicted molar refractivity (Wildman–Crippen MR) is 89.7 cm³/mol. The molecule has 0 fully saturated rings. The molecule has 1 aromatic heterocycles. The molecule has 7 heteroatoms. The molecular weight excluding hydrogens is 314 g/mol. The van der Waals surface area contributed by atoms with Gasteiger partial charge in [0.2, 0.25) is 5.91 Å². The molecule has 0 bridgehead atoms. The fourth-order valence-electron chi connectivity index (χ4n) is 2.28. The van der Waals surface area contributed by atoms with Gasteiger partial charge in [-0.1, -0.05) is 18.2 Å². The normalized spacial score (nSPS) is 12.1. The molecule has 0 saturated carbocycles. The van der Waals surface area contributed by atoms with Crippen LogP contribution in [0.4, 0.5) is 5.69 Å². The van der Waals surface area contributed by atoms with Crippen molar-refractivity contribution < 1.29 is 14.6 Å². The average molecular weight is 334 g/mol. The predicted octanol–water partition coefficient (Wildman–Crippen LogP) is 1.20. The number of thiophene rings is 1. The lowest BCUT2D eigenvalue weighted by Gasteiger charge is -2.20. The molecule has 1 heterocycles. The number of nitrogens with one attached hydrogen (secondary N) is 2. The number of carbonyl (C=O) groups is 1. The van der Waals surface area contributed by atoms with Crippen molar-refractivity contribution in [1.82, 2.24) is 5.32 Å². The van der Waals surface area contributed by atoms with E-state index in [9.17, 15) is 14.9 Å². The molecule has 2 N–H and O–H groups in total. The number of hydrogen-bond acceptors (Lipinski definition) is 4. The SMILES string of the molecule is C[NH+](C)[C@H](CNC(=O)Cc1ccc([N+](=O)[O-])cc1)c1cccs1. The summed E-state index contributed by atoms with van der Waals surface area (Å²) in [6.07, 6.45) is 0.220. The fourth-order valence-corrected chi connectivity index (χ4v) is 3.23. The van der Waals surface area contributed by atoms with Gasteiger partial charge in [0.25, 0.3) is 5.69 Å². The van der Waals surface area contributed by atoms with E-state index in [-0.39, 0.29) is 24.1 Å². The molecule has 0 aliphatic heterocycles. The lowest BCUT2D eigenvalue weighted by Crippen LogP contribution is -3.06. The van der Waals surface area contributed by atoms with Crippen molar-refractivity contribution in [3.05, 3.63) is 62.3 Å². The Morgan fingerprint density at radius 1 is 1.30 bits per heavy atom. The summed E-state index contributed by atoms with van der Waals surface area (Å²) >= 11 is 1.68. The molecule has 0 aliphatic rings. The summed E-state index contributed by atoms with van der Waals surface area (Å²) in [4.78, 5) is 24.7. The van der Waals surface area contributed by atoms with Crippen LogP contribution in [0.25, 0.3) is 0 Å².